The summed E-state index contributed by atoms with van der Waals surface area (Å²) in [6.07, 6.45) is 1.69. The van der Waals surface area contributed by atoms with E-state index in [2.05, 4.69) is 38.0 Å². The predicted octanol–water partition coefficient (Wildman–Crippen LogP) is 4.67. The Morgan fingerprint density at radius 1 is 1.30 bits per heavy atom. The largest absolute Gasteiger partial charge is 0.323 e. The van der Waals surface area contributed by atoms with Crippen molar-refractivity contribution in [3.63, 3.8) is 0 Å². The molecule has 0 unspecified atom stereocenters. The van der Waals surface area contributed by atoms with Gasteiger partial charge in [0.1, 0.15) is 5.82 Å². The highest BCUT2D eigenvalue weighted by molar-refractivity contribution is 9.10. The molecule has 0 aliphatic carbocycles. The summed E-state index contributed by atoms with van der Waals surface area (Å²) in [7, 11) is 0. The minimum Gasteiger partial charge on any atom is -0.323 e. The molecule has 0 bridgehead atoms. The number of aromatic nitrogens is 3. The molecule has 0 spiro atoms. The van der Waals surface area contributed by atoms with Crippen molar-refractivity contribution in [1.82, 2.24) is 14.8 Å². The molecule has 3 aromatic rings. The van der Waals surface area contributed by atoms with E-state index in [1.54, 1.807) is 6.08 Å². The lowest BCUT2D eigenvalue weighted by molar-refractivity contribution is -0.384. The Kier molecular flexibility index (Phi) is 6.95. The highest BCUT2D eigenvalue weighted by atomic mass is 79.9. The zero-order chi connectivity index (χ0) is 21.7. The van der Waals surface area contributed by atoms with Gasteiger partial charge in [-0.3, -0.25) is 19.5 Å². The van der Waals surface area contributed by atoms with E-state index in [1.807, 2.05) is 28.8 Å². The number of thioether (sulfide) groups is 1. The Bertz CT molecular complexity index is 1100. The van der Waals surface area contributed by atoms with E-state index in [0.717, 1.165) is 40.0 Å². The number of nitrogens with zero attached hydrogens (tertiary/aromatic N) is 4. The molecule has 8 nitrogen and oxygen atoms in total. The van der Waals surface area contributed by atoms with Crippen LogP contribution in [0.3, 0.4) is 0 Å². The third-order valence-electron chi connectivity index (χ3n) is 3.90. The van der Waals surface area contributed by atoms with E-state index in [0.29, 0.717) is 17.5 Å². The quantitative estimate of drug-likeness (QED) is 0.212. The van der Waals surface area contributed by atoms with Crippen LogP contribution in [-0.2, 0) is 11.3 Å². The number of benzene rings is 2. The fourth-order valence-electron chi connectivity index (χ4n) is 2.54. The third kappa shape index (κ3) is 5.10. The van der Waals surface area contributed by atoms with Gasteiger partial charge in [0.15, 0.2) is 11.0 Å². The van der Waals surface area contributed by atoms with Crippen LogP contribution in [0.4, 0.5) is 15.8 Å². The van der Waals surface area contributed by atoms with Crippen LogP contribution >= 0.6 is 27.7 Å². The van der Waals surface area contributed by atoms with E-state index >= 15 is 0 Å². The fourth-order valence-corrected chi connectivity index (χ4v) is 3.55. The van der Waals surface area contributed by atoms with Crippen molar-refractivity contribution < 1.29 is 14.1 Å². The second-order valence-corrected chi connectivity index (χ2v) is 7.83. The first-order chi connectivity index (χ1) is 14.4. The summed E-state index contributed by atoms with van der Waals surface area (Å²) >= 11 is 4.50. The molecule has 1 amide bonds. The molecule has 1 heterocycles. The van der Waals surface area contributed by atoms with Crippen molar-refractivity contribution in [2.24, 2.45) is 0 Å². The summed E-state index contributed by atoms with van der Waals surface area (Å²) in [4.78, 5) is 22.4. The number of carbonyl (C=O) groups is 1. The third-order valence-corrected chi connectivity index (χ3v) is 5.39. The van der Waals surface area contributed by atoms with Gasteiger partial charge in [0.2, 0.25) is 5.91 Å². The monoisotopic (exact) mass is 491 g/mol. The number of nitrogens with one attached hydrogen (secondary N) is 1. The number of nitro groups is 1. The van der Waals surface area contributed by atoms with Crippen molar-refractivity contribution in [2.45, 2.75) is 11.7 Å². The Morgan fingerprint density at radius 2 is 2.03 bits per heavy atom. The van der Waals surface area contributed by atoms with Gasteiger partial charge in [0.05, 0.1) is 16.4 Å². The van der Waals surface area contributed by atoms with Gasteiger partial charge in [-0.25, -0.2) is 4.39 Å². The molecule has 1 N–H and O–H groups in total. The summed E-state index contributed by atoms with van der Waals surface area (Å²) in [5.74, 6) is -0.753. The van der Waals surface area contributed by atoms with E-state index in [4.69, 9.17) is 0 Å². The molecule has 1 aromatic heterocycles. The van der Waals surface area contributed by atoms with Crippen LogP contribution in [0.25, 0.3) is 11.4 Å². The molecule has 0 radical (unpaired) electrons. The molecule has 0 fully saturated rings. The molecule has 2 aromatic carbocycles. The number of carbonyl (C=O) groups excluding carboxylic acids is 1. The summed E-state index contributed by atoms with van der Waals surface area (Å²) < 4.78 is 16.6. The molecule has 154 valence electrons. The number of non-ortho nitro benzene ring substituents is 1. The Morgan fingerprint density at radius 3 is 2.70 bits per heavy atom. The van der Waals surface area contributed by atoms with Gasteiger partial charge in [-0.1, -0.05) is 45.9 Å². The molecule has 0 aliphatic rings. The zero-order valence-corrected chi connectivity index (χ0v) is 17.8. The second kappa shape index (κ2) is 9.63. The number of rotatable bonds is 8. The SMILES string of the molecule is C=CCn1c(SCC(=O)Nc2cc([N+](=O)[O-])ccc2F)nnc1-c1ccc(Br)cc1. The Hall–Kier alpha value is -3.05. The molecule has 3 rings (SSSR count). The van der Waals surface area contributed by atoms with Crippen LogP contribution < -0.4 is 5.32 Å². The zero-order valence-electron chi connectivity index (χ0n) is 15.4. The lowest BCUT2D eigenvalue weighted by Gasteiger charge is -2.09. The molecular weight excluding hydrogens is 477 g/mol. The second-order valence-electron chi connectivity index (χ2n) is 5.97. The number of hydrogen-bond acceptors (Lipinski definition) is 6. The van der Waals surface area contributed by atoms with Gasteiger partial charge in [-0.2, -0.15) is 0 Å². The maximum Gasteiger partial charge on any atom is 0.271 e. The van der Waals surface area contributed by atoms with Gasteiger partial charge in [-0.15, -0.1) is 16.8 Å². The van der Waals surface area contributed by atoms with Crippen LogP contribution in [0.15, 0.2) is 64.7 Å². The van der Waals surface area contributed by atoms with Crippen molar-refractivity contribution in [3.05, 3.63) is 75.5 Å². The molecule has 30 heavy (non-hydrogen) atoms. The van der Waals surface area contributed by atoms with Crippen molar-refractivity contribution >= 4 is 45.0 Å². The Labute approximate surface area is 183 Å². The summed E-state index contributed by atoms with van der Waals surface area (Å²) in [6.45, 7) is 4.17. The smallest absolute Gasteiger partial charge is 0.271 e. The summed E-state index contributed by atoms with van der Waals surface area (Å²) in [5, 5.41) is 22.0. The van der Waals surface area contributed by atoms with Crippen molar-refractivity contribution in [2.75, 3.05) is 11.1 Å². The topological polar surface area (TPSA) is 103 Å². The number of hydrogen-bond donors (Lipinski definition) is 1. The summed E-state index contributed by atoms with van der Waals surface area (Å²) in [6, 6.07) is 10.5. The molecule has 0 atom stereocenters. The molecule has 0 aliphatic heterocycles. The van der Waals surface area contributed by atoms with E-state index in [1.165, 1.54) is 0 Å². The lowest BCUT2D eigenvalue weighted by Crippen LogP contribution is -2.16. The standard InChI is InChI=1S/C19H15BrFN5O3S/c1-2-9-25-18(12-3-5-13(20)6-4-12)23-24-19(25)30-11-17(27)22-16-10-14(26(28)29)7-8-15(16)21/h2-8,10H,1,9,11H2,(H,22,27). The number of anilines is 1. The van der Waals surface area contributed by atoms with Crippen LogP contribution in [0.5, 0.6) is 0 Å². The first kappa shape index (κ1) is 21.7. The van der Waals surface area contributed by atoms with E-state index < -0.39 is 16.6 Å². The van der Waals surface area contributed by atoms with Gasteiger partial charge in [-0.05, 0) is 18.2 Å². The predicted molar refractivity (Wildman–Crippen MR) is 116 cm³/mol. The van der Waals surface area contributed by atoms with Gasteiger partial charge >= 0.3 is 0 Å². The fraction of sp³-hybridized carbons (Fsp3) is 0.105. The number of halogens is 2. The van der Waals surface area contributed by atoms with Crippen LogP contribution in [-0.4, -0.2) is 31.3 Å². The summed E-state index contributed by atoms with van der Waals surface area (Å²) in [5.41, 5.74) is 0.282. The number of allylic oxidation sites excluding steroid dienone is 1. The number of nitro benzene ring substituents is 1. The van der Waals surface area contributed by atoms with Crippen molar-refractivity contribution in [1.29, 1.82) is 0 Å². The van der Waals surface area contributed by atoms with Crippen LogP contribution in [0.1, 0.15) is 0 Å². The molecular formula is C19H15BrFN5O3S. The first-order valence-electron chi connectivity index (χ1n) is 8.55. The lowest BCUT2D eigenvalue weighted by atomic mass is 10.2. The average molecular weight is 492 g/mol. The molecule has 0 saturated carbocycles. The normalized spacial score (nSPS) is 10.6. The van der Waals surface area contributed by atoms with Crippen molar-refractivity contribution in [3.8, 4) is 11.4 Å². The highest BCUT2D eigenvalue weighted by Crippen LogP contribution is 2.26. The minimum absolute atomic E-state index is 0.0856. The average Bonchev–Trinajstić information content (AvgIpc) is 3.11. The highest BCUT2D eigenvalue weighted by Gasteiger charge is 2.17. The Balaban J connectivity index is 1.73. The van der Waals surface area contributed by atoms with Crippen LogP contribution in [0, 0.1) is 15.9 Å². The first-order valence-corrected chi connectivity index (χ1v) is 10.3. The maximum absolute atomic E-state index is 13.9. The van der Waals surface area contributed by atoms with Gasteiger partial charge < -0.3 is 5.32 Å². The van der Waals surface area contributed by atoms with Gasteiger partial charge in [0, 0.05) is 28.7 Å². The molecule has 11 heteroatoms. The maximum atomic E-state index is 13.9. The number of amides is 1. The minimum atomic E-state index is -0.758. The van der Waals surface area contributed by atoms with E-state index in [9.17, 15) is 19.3 Å². The van der Waals surface area contributed by atoms with Gasteiger partial charge in [0.25, 0.3) is 5.69 Å². The van der Waals surface area contributed by atoms with Crippen LogP contribution in [0.2, 0.25) is 0 Å². The molecule has 0 saturated heterocycles. The van der Waals surface area contributed by atoms with E-state index in [-0.39, 0.29) is 17.1 Å².